The van der Waals surface area contributed by atoms with Gasteiger partial charge < -0.3 is 14.8 Å². The summed E-state index contributed by atoms with van der Waals surface area (Å²) < 4.78 is 5.06. The van der Waals surface area contributed by atoms with Crippen molar-refractivity contribution in [1.29, 1.82) is 0 Å². The molecule has 0 amide bonds. The Balaban J connectivity index is 1.91. The minimum Gasteiger partial charge on any atom is -0.472 e. The fourth-order valence-electron chi connectivity index (χ4n) is 2.41. The molecule has 15 heavy (non-hydrogen) atoms. The molecule has 0 aliphatic heterocycles. The Bertz CT molecular complexity index is 284. The maximum Gasteiger partial charge on any atom is 0.0950 e. The van der Waals surface area contributed by atoms with E-state index in [1.165, 1.54) is 18.4 Å². The number of hydrogen-bond donors (Lipinski definition) is 2. The number of aliphatic hydroxyl groups excluding tert-OH is 1. The Kier molecular flexibility index (Phi) is 3.44. The molecule has 0 saturated heterocycles. The van der Waals surface area contributed by atoms with Crippen LogP contribution in [0.15, 0.2) is 23.0 Å². The second kappa shape index (κ2) is 4.81. The Morgan fingerprint density at radius 3 is 3.13 bits per heavy atom. The lowest BCUT2D eigenvalue weighted by molar-refractivity contribution is 0.200. The van der Waals surface area contributed by atoms with Crippen molar-refractivity contribution in [1.82, 2.24) is 5.32 Å². The molecule has 3 atom stereocenters. The number of rotatable bonds is 4. The lowest BCUT2D eigenvalue weighted by Gasteiger charge is -2.23. The smallest absolute Gasteiger partial charge is 0.0950 e. The van der Waals surface area contributed by atoms with Crippen LogP contribution in [0.1, 0.15) is 37.8 Å². The second-order valence-corrected chi connectivity index (χ2v) is 4.43. The van der Waals surface area contributed by atoms with Crippen molar-refractivity contribution in [3.63, 3.8) is 0 Å². The number of nitrogens with one attached hydrogen (secondary N) is 1. The molecule has 1 fully saturated rings. The first-order valence-corrected chi connectivity index (χ1v) is 5.70. The van der Waals surface area contributed by atoms with Gasteiger partial charge in [-0.05, 0) is 31.7 Å². The SMILES string of the molecule is CC(NC1CCCC1CO)c1ccoc1. The van der Waals surface area contributed by atoms with E-state index in [2.05, 4.69) is 12.2 Å². The molecule has 3 heteroatoms. The first-order chi connectivity index (χ1) is 7.31. The van der Waals surface area contributed by atoms with Crippen LogP contribution in [0.3, 0.4) is 0 Å². The lowest BCUT2D eigenvalue weighted by atomic mass is 10.0. The maximum atomic E-state index is 9.22. The molecule has 2 N–H and O–H groups in total. The largest absolute Gasteiger partial charge is 0.472 e. The van der Waals surface area contributed by atoms with Gasteiger partial charge >= 0.3 is 0 Å². The van der Waals surface area contributed by atoms with Crippen molar-refractivity contribution in [2.45, 2.75) is 38.3 Å². The Labute approximate surface area is 90.5 Å². The quantitative estimate of drug-likeness (QED) is 0.798. The summed E-state index contributed by atoms with van der Waals surface area (Å²) in [5, 5.41) is 12.8. The molecule has 84 valence electrons. The van der Waals surface area contributed by atoms with E-state index in [4.69, 9.17) is 4.42 Å². The Morgan fingerprint density at radius 2 is 2.47 bits per heavy atom. The molecular formula is C12H19NO2. The van der Waals surface area contributed by atoms with Crippen LogP contribution in [0.4, 0.5) is 0 Å². The van der Waals surface area contributed by atoms with Gasteiger partial charge in [0.05, 0.1) is 12.5 Å². The van der Waals surface area contributed by atoms with Crippen LogP contribution in [0.25, 0.3) is 0 Å². The summed E-state index contributed by atoms with van der Waals surface area (Å²) >= 11 is 0. The Hall–Kier alpha value is -0.800. The average Bonchev–Trinajstić information content (AvgIpc) is 2.87. The zero-order valence-electron chi connectivity index (χ0n) is 9.15. The van der Waals surface area contributed by atoms with Crippen LogP contribution in [0.2, 0.25) is 0 Å². The molecule has 1 aromatic heterocycles. The van der Waals surface area contributed by atoms with E-state index < -0.39 is 0 Å². The van der Waals surface area contributed by atoms with Gasteiger partial charge in [0.2, 0.25) is 0 Å². The van der Waals surface area contributed by atoms with Gasteiger partial charge in [-0.2, -0.15) is 0 Å². The van der Waals surface area contributed by atoms with Gasteiger partial charge in [0.25, 0.3) is 0 Å². The summed E-state index contributed by atoms with van der Waals surface area (Å²) in [4.78, 5) is 0. The average molecular weight is 209 g/mol. The van der Waals surface area contributed by atoms with E-state index in [9.17, 15) is 5.11 Å². The first-order valence-electron chi connectivity index (χ1n) is 5.70. The summed E-state index contributed by atoms with van der Waals surface area (Å²) in [7, 11) is 0. The lowest BCUT2D eigenvalue weighted by Crippen LogP contribution is -2.35. The van der Waals surface area contributed by atoms with E-state index in [0.29, 0.717) is 24.6 Å². The summed E-state index contributed by atoms with van der Waals surface area (Å²) in [6.45, 7) is 2.44. The van der Waals surface area contributed by atoms with Gasteiger partial charge in [0.1, 0.15) is 0 Å². The van der Waals surface area contributed by atoms with Crippen LogP contribution in [0.5, 0.6) is 0 Å². The van der Waals surface area contributed by atoms with Crippen molar-refractivity contribution in [3.8, 4) is 0 Å². The summed E-state index contributed by atoms with van der Waals surface area (Å²) in [5.74, 6) is 0.430. The third-order valence-corrected chi connectivity index (χ3v) is 3.40. The third kappa shape index (κ3) is 2.41. The molecule has 3 unspecified atom stereocenters. The van der Waals surface area contributed by atoms with E-state index in [1.54, 1.807) is 12.5 Å². The third-order valence-electron chi connectivity index (χ3n) is 3.40. The molecule has 1 saturated carbocycles. The van der Waals surface area contributed by atoms with E-state index in [0.717, 1.165) is 6.42 Å². The Morgan fingerprint density at radius 1 is 1.60 bits per heavy atom. The standard InChI is InChI=1S/C12H19NO2/c1-9(11-5-6-15-8-11)13-12-4-2-3-10(12)7-14/h5-6,8-10,12-14H,2-4,7H2,1H3. The van der Waals surface area contributed by atoms with Crippen molar-refractivity contribution in [2.75, 3.05) is 6.61 Å². The van der Waals surface area contributed by atoms with Crippen LogP contribution in [-0.4, -0.2) is 17.8 Å². The molecule has 0 aromatic carbocycles. The molecule has 2 rings (SSSR count). The molecule has 1 aliphatic carbocycles. The molecule has 0 bridgehead atoms. The van der Waals surface area contributed by atoms with Gasteiger partial charge in [-0.25, -0.2) is 0 Å². The van der Waals surface area contributed by atoms with Gasteiger partial charge in [0.15, 0.2) is 0 Å². The van der Waals surface area contributed by atoms with Crippen LogP contribution < -0.4 is 5.32 Å². The molecule has 3 nitrogen and oxygen atoms in total. The van der Waals surface area contributed by atoms with Gasteiger partial charge in [0, 0.05) is 24.3 Å². The van der Waals surface area contributed by atoms with Crippen molar-refractivity contribution < 1.29 is 9.52 Å². The molecule has 0 spiro atoms. The highest BCUT2D eigenvalue weighted by molar-refractivity contribution is 5.10. The fraction of sp³-hybridized carbons (Fsp3) is 0.667. The van der Waals surface area contributed by atoms with E-state index in [1.807, 2.05) is 6.07 Å². The number of aliphatic hydroxyl groups is 1. The van der Waals surface area contributed by atoms with Crippen molar-refractivity contribution in [3.05, 3.63) is 24.2 Å². The zero-order valence-corrected chi connectivity index (χ0v) is 9.15. The summed E-state index contributed by atoms with van der Waals surface area (Å²) in [5.41, 5.74) is 1.18. The minimum atomic E-state index is 0.301. The zero-order chi connectivity index (χ0) is 10.7. The predicted molar refractivity (Wildman–Crippen MR) is 58.5 cm³/mol. The van der Waals surface area contributed by atoms with E-state index >= 15 is 0 Å². The topological polar surface area (TPSA) is 45.4 Å². The van der Waals surface area contributed by atoms with Gasteiger partial charge in [-0.1, -0.05) is 6.42 Å². The maximum absolute atomic E-state index is 9.22. The molecule has 1 heterocycles. The fourth-order valence-corrected chi connectivity index (χ4v) is 2.41. The second-order valence-electron chi connectivity index (χ2n) is 4.43. The molecular weight excluding hydrogens is 190 g/mol. The number of hydrogen-bond acceptors (Lipinski definition) is 3. The van der Waals surface area contributed by atoms with Gasteiger partial charge in [-0.15, -0.1) is 0 Å². The molecule has 1 aliphatic rings. The molecule has 0 radical (unpaired) electrons. The minimum absolute atomic E-state index is 0.301. The van der Waals surface area contributed by atoms with Crippen molar-refractivity contribution in [2.24, 2.45) is 5.92 Å². The van der Waals surface area contributed by atoms with Gasteiger partial charge in [-0.3, -0.25) is 0 Å². The molecule has 1 aromatic rings. The van der Waals surface area contributed by atoms with Crippen LogP contribution in [0, 0.1) is 5.92 Å². The van der Waals surface area contributed by atoms with Crippen LogP contribution >= 0.6 is 0 Å². The summed E-state index contributed by atoms with van der Waals surface area (Å²) in [6, 6.07) is 2.75. The van der Waals surface area contributed by atoms with Crippen molar-refractivity contribution >= 4 is 0 Å². The predicted octanol–water partition coefficient (Wildman–Crippen LogP) is 2.09. The monoisotopic (exact) mass is 209 g/mol. The highest BCUT2D eigenvalue weighted by atomic mass is 16.3. The highest BCUT2D eigenvalue weighted by Crippen LogP contribution is 2.27. The number of furan rings is 1. The van der Waals surface area contributed by atoms with E-state index in [-0.39, 0.29) is 0 Å². The highest BCUT2D eigenvalue weighted by Gasteiger charge is 2.27. The summed E-state index contributed by atoms with van der Waals surface area (Å²) in [6.07, 6.45) is 7.02. The first kappa shape index (κ1) is 10.7. The normalized spacial score (nSPS) is 28.1. The van der Waals surface area contributed by atoms with Crippen LogP contribution in [-0.2, 0) is 0 Å².